The molecule has 0 bridgehead atoms. The van der Waals surface area contributed by atoms with Crippen LogP contribution in [0.15, 0.2) is 0 Å². The Kier molecular flexibility index (Phi) is 2.18. The van der Waals surface area contributed by atoms with Crippen molar-refractivity contribution in [3.8, 4) is 0 Å². The van der Waals surface area contributed by atoms with Crippen LogP contribution < -0.4 is 5.14 Å². The van der Waals surface area contributed by atoms with Crippen molar-refractivity contribution in [3.05, 3.63) is 0 Å². The van der Waals surface area contributed by atoms with E-state index >= 15 is 0 Å². The molecule has 3 nitrogen and oxygen atoms in total. The van der Waals surface area contributed by atoms with Gasteiger partial charge in [-0.05, 0) is 0 Å². The first-order valence-electron chi connectivity index (χ1n) is 1.97. The summed E-state index contributed by atoms with van der Waals surface area (Å²) in [5.41, 5.74) is 0. The fourth-order valence-electron chi connectivity index (χ4n) is 0.161. The Bertz CT molecular complexity index is 240. The van der Waals surface area contributed by atoms with Crippen LogP contribution in [0.4, 0.5) is 22.0 Å². The van der Waals surface area contributed by atoms with Gasteiger partial charge in [-0.15, -0.1) is 0 Å². The van der Waals surface area contributed by atoms with E-state index in [1.54, 1.807) is 0 Å². The Hall–Kier alpha value is -0.440. The van der Waals surface area contributed by atoms with Gasteiger partial charge in [-0.25, -0.2) is 13.6 Å². The van der Waals surface area contributed by atoms with E-state index in [-0.39, 0.29) is 0 Å². The van der Waals surface area contributed by atoms with Gasteiger partial charge in [0, 0.05) is 0 Å². The molecule has 0 aromatic rings. The van der Waals surface area contributed by atoms with Crippen LogP contribution in [0.2, 0.25) is 0 Å². The van der Waals surface area contributed by atoms with Crippen molar-refractivity contribution in [1.82, 2.24) is 0 Å². The standard InChI is InChI=1S/C2H2F5NO2S/c3-1(4,5)2(6,7)11(8,9)10/h(H2,8,9,10). The molecule has 0 aliphatic rings. The maximum atomic E-state index is 11.6. The van der Waals surface area contributed by atoms with Crippen LogP contribution in [-0.4, -0.2) is 19.8 Å². The molecule has 0 spiro atoms. The molecule has 0 radical (unpaired) electrons. The number of nitrogens with two attached hydrogens (primary N) is 1. The Morgan fingerprint density at radius 1 is 1.00 bits per heavy atom. The molecule has 0 amide bonds. The molecular formula is C2H2F5NO2S. The van der Waals surface area contributed by atoms with Gasteiger partial charge in [0.1, 0.15) is 0 Å². The molecule has 0 aliphatic heterocycles. The van der Waals surface area contributed by atoms with Crippen LogP contribution in [-0.2, 0) is 10.0 Å². The second-order valence-electron chi connectivity index (χ2n) is 1.56. The molecule has 0 fully saturated rings. The number of primary sulfonamides is 1. The summed E-state index contributed by atoms with van der Waals surface area (Å²) in [6.45, 7) is 0. The Labute approximate surface area is 58.0 Å². The van der Waals surface area contributed by atoms with Crippen molar-refractivity contribution in [2.24, 2.45) is 5.14 Å². The summed E-state index contributed by atoms with van der Waals surface area (Å²) >= 11 is 0. The maximum Gasteiger partial charge on any atom is 0.470 e. The van der Waals surface area contributed by atoms with Gasteiger partial charge in [0.15, 0.2) is 0 Å². The summed E-state index contributed by atoms with van der Waals surface area (Å²) < 4.78 is 75.8. The number of hydrogen-bond donors (Lipinski definition) is 1. The van der Waals surface area contributed by atoms with E-state index in [1.165, 1.54) is 0 Å². The van der Waals surface area contributed by atoms with E-state index in [1.807, 2.05) is 0 Å². The van der Waals surface area contributed by atoms with Crippen molar-refractivity contribution in [3.63, 3.8) is 0 Å². The third-order valence-corrected chi connectivity index (χ3v) is 1.63. The average molecular weight is 199 g/mol. The van der Waals surface area contributed by atoms with Crippen molar-refractivity contribution in [2.75, 3.05) is 0 Å². The average Bonchev–Trinajstić information content (AvgIpc) is 1.58. The zero-order chi connectivity index (χ0) is 9.50. The summed E-state index contributed by atoms with van der Waals surface area (Å²) in [6, 6.07) is 0. The third-order valence-electron chi connectivity index (χ3n) is 0.687. The first-order valence-corrected chi connectivity index (χ1v) is 3.51. The summed E-state index contributed by atoms with van der Waals surface area (Å²) in [5.74, 6) is 0. The normalized spacial score (nSPS) is 15.1. The first kappa shape index (κ1) is 10.6. The monoisotopic (exact) mass is 199 g/mol. The smallest absolute Gasteiger partial charge is 0.223 e. The molecule has 0 aromatic heterocycles. The van der Waals surface area contributed by atoms with E-state index in [0.29, 0.717) is 0 Å². The minimum Gasteiger partial charge on any atom is -0.223 e. The fourth-order valence-corrected chi connectivity index (χ4v) is 0.484. The summed E-state index contributed by atoms with van der Waals surface area (Å²) in [7, 11) is -5.92. The fraction of sp³-hybridized carbons (Fsp3) is 1.00. The molecule has 0 saturated carbocycles. The van der Waals surface area contributed by atoms with Gasteiger partial charge >= 0.3 is 11.4 Å². The molecule has 0 rings (SSSR count). The van der Waals surface area contributed by atoms with Crippen molar-refractivity contribution in [1.29, 1.82) is 0 Å². The van der Waals surface area contributed by atoms with Gasteiger partial charge in [-0.1, -0.05) is 0 Å². The van der Waals surface area contributed by atoms with Crippen LogP contribution in [0.1, 0.15) is 0 Å². The highest BCUT2D eigenvalue weighted by molar-refractivity contribution is 7.90. The van der Waals surface area contributed by atoms with Gasteiger partial charge in [-0.3, -0.25) is 0 Å². The van der Waals surface area contributed by atoms with Gasteiger partial charge in [0.05, 0.1) is 0 Å². The van der Waals surface area contributed by atoms with Crippen LogP contribution >= 0.6 is 0 Å². The van der Waals surface area contributed by atoms with Crippen molar-refractivity contribution in [2.45, 2.75) is 11.4 Å². The van der Waals surface area contributed by atoms with Gasteiger partial charge in [0.2, 0.25) is 0 Å². The highest BCUT2D eigenvalue weighted by atomic mass is 32.2. The second kappa shape index (κ2) is 2.27. The Balaban J connectivity index is 5.08. The first-order chi connectivity index (χ1) is 4.50. The number of alkyl halides is 5. The molecule has 68 valence electrons. The molecule has 0 saturated heterocycles. The van der Waals surface area contributed by atoms with Crippen molar-refractivity contribution < 1.29 is 30.4 Å². The molecule has 0 aromatic carbocycles. The van der Waals surface area contributed by atoms with Crippen molar-refractivity contribution >= 4 is 10.0 Å². The largest absolute Gasteiger partial charge is 0.470 e. The summed E-state index contributed by atoms with van der Waals surface area (Å²) in [4.78, 5) is 0. The van der Waals surface area contributed by atoms with Gasteiger partial charge < -0.3 is 0 Å². The Morgan fingerprint density at radius 3 is 1.27 bits per heavy atom. The quantitative estimate of drug-likeness (QED) is 0.622. The minimum absolute atomic E-state index is 3.60. The predicted molar refractivity (Wildman–Crippen MR) is 24.1 cm³/mol. The van der Waals surface area contributed by atoms with E-state index in [0.717, 1.165) is 0 Å². The third kappa shape index (κ3) is 1.77. The topological polar surface area (TPSA) is 60.2 Å². The van der Waals surface area contributed by atoms with Crippen LogP contribution in [0.5, 0.6) is 0 Å². The highest BCUT2D eigenvalue weighted by Crippen LogP contribution is 2.38. The second-order valence-corrected chi connectivity index (χ2v) is 3.16. The van der Waals surface area contributed by atoms with E-state index < -0.39 is 21.5 Å². The van der Waals surface area contributed by atoms with E-state index in [2.05, 4.69) is 5.14 Å². The molecule has 0 atom stereocenters. The predicted octanol–water partition coefficient (Wildman–Crippen LogP) is 0.430. The number of halogens is 5. The minimum atomic E-state index is -6.17. The zero-order valence-corrected chi connectivity index (χ0v) is 5.51. The van der Waals surface area contributed by atoms with Crippen LogP contribution in [0, 0.1) is 0 Å². The molecular weight excluding hydrogens is 197 g/mol. The lowest BCUT2D eigenvalue weighted by Gasteiger charge is -2.16. The molecule has 2 N–H and O–H groups in total. The lowest BCUT2D eigenvalue weighted by Crippen LogP contribution is -2.47. The van der Waals surface area contributed by atoms with Crippen LogP contribution in [0.3, 0.4) is 0 Å². The van der Waals surface area contributed by atoms with Crippen LogP contribution in [0.25, 0.3) is 0 Å². The molecule has 11 heavy (non-hydrogen) atoms. The molecule has 0 heterocycles. The molecule has 9 heteroatoms. The lowest BCUT2D eigenvalue weighted by atomic mass is 10.7. The lowest BCUT2D eigenvalue weighted by molar-refractivity contribution is -0.241. The van der Waals surface area contributed by atoms with E-state index in [9.17, 15) is 30.4 Å². The summed E-state index contributed by atoms with van der Waals surface area (Å²) in [6.07, 6.45) is -6.17. The summed E-state index contributed by atoms with van der Waals surface area (Å²) in [5, 5.41) is -2.27. The Morgan fingerprint density at radius 2 is 1.27 bits per heavy atom. The molecule has 0 aliphatic carbocycles. The molecule has 0 unspecified atom stereocenters. The van der Waals surface area contributed by atoms with E-state index in [4.69, 9.17) is 0 Å². The number of hydrogen-bond acceptors (Lipinski definition) is 2. The number of rotatable bonds is 1. The maximum absolute atomic E-state index is 11.6. The zero-order valence-electron chi connectivity index (χ0n) is 4.69. The highest BCUT2D eigenvalue weighted by Gasteiger charge is 2.66. The SMILES string of the molecule is NS(=O)(=O)C(F)(F)C(F)(F)F. The number of sulfonamides is 1. The van der Waals surface area contributed by atoms with Gasteiger partial charge in [-0.2, -0.15) is 22.0 Å². The van der Waals surface area contributed by atoms with Gasteiger partial charge in [0.25, 0.3) is 10.0 Å².